The molecule has 0 bridgehead atoms. The van der Waals surface area contributed by atoms with Gasteiger partial charge in [-0.3, -0.25) is 0 Å². The normalized spacial score (nSPS) is 43.4. The topological polar surface area (TPSA) is 9.23 Å². The van der Waals surface area contributed by atoms with Crippen molar-refractivity contribution in [1.82, 2.24) is 0 Å². The first-order valence-electron chi connectivity index (χ1n) is 3.83. The third-order valence-corrected chi connectivity index (χ3v) is 2.96. The highest BCUT2D eigenvalue weighted by atomic mass is 19.4. The number of hydrogen-bond donors (Lipinski definition) is 0. The van der Waals surface area contributed by atoms with Gasteiger partial charge in [0.1, 0.15) is 0 Å². The van der Waals surface area contributed by atoms with Gasteiger partial charge in [-0.05, 0) is 12.3 Å². The SMILES string of the molecule is F[B-](F)(F)C12CCOCC1C2. The molecule has 0 aromatic rings. The lowest BCUT2D eigenvalue weighted by Crippen LogP contribution is -2.31. The van der Waals surface area contributed by atoms with Crippen LogP contribution >= 0.6 is 0 Å². The molecule has 2 atom stereocenters. The van der Waals surface area contributed by atoms with Crippen molar-refractivity contribution in [1.29, 1.82) is 0 Å². The van der Waals surface area contributed by atoms with E-state index < -0.39 is 12.3 Å². The van der Waals surface area contributed by atoms with Gasteiger partial charge in [0.2, 0.25) is 0 Å². The van der Waals surface area contributed by atoms with E-state index in [2.05, 4.69) is 0 Å². The van der Waals surface area contributed by atoms with Crippen molar-refractivity contribution in [2.75, 3.05) is 13.2 Å². The van der Waals surface area contributed by atoms with Gasteiger partial charge in [-0.1, -0.05) is 11.7 Å². The van der Waals surface area contributed by atoms with Crippen molar-refractivity contribution in [3.63, 3.8) is 0 Å². The Morgan fingerprint density at radius 2 is 2.09 bits per heavy atom. The number of rotatable bonds is 1. The van der Waals surface area contributed by atoms with Crippen molar-refractivity contribution < 1.29 is 17.7 Å². The molecular formula is C6H9BF3O-. The summed E-state index contributed by atoms with van der Waals surface area (Å²) in [7, 11) is 0. The summed E-state index contributed by atoms with van der Waals surface area (Å²) < 4.78 is 42.1. The summed E-state index contributed by atoms with van der Waals surface area (Å²) in [6.07, 6.45) is 0.512. The van der Waals surface area contributed by atoms with Crippen LogP contribution in [0.3, 0.4) is 0 Å². The van der Waals surface area contributed by atoms with E-state index >= 15 is 0 Å². The van der Waals surface area contributed by atoms with Crippen LogP contribution in [0.2, 0.25) is 5.31 Å². The van der Waals surface area contributed by atoms with Gasteiger partial charge >= 0.3 is 6.98 Å². The Bertz CT molecular complexity index is 181. The predicted octanol–water partition coefficient (Wildman–Crippen LogP) is 2.01. The lowest BCUT2D eigenvalue weighted by molar-refractivity contribution is 0.0844. The molecule has 1 nitrogen and oxygen atoms in total. The zero-order valence-electron chi connectivity index (χ0n) is 6.03. The largest absolute Gasteiger partial charge is 0.484 e. The summed E-state index contributed by atoms with van der Waals surface area (Å²) >= 11 is 0. The van der Waals surface area contributed by atoms with E-state index in [1.807, 2.05) is 0 Å². The molecule has 11 heavy (non-hydrogen) atoms. The molecule has 0 amide bonds. The fourth-order valence-corrected chi connectivity index (χ4v) is 1.98. The Balaban J connectivity index is 2.13. The van der Waals surface area contributed by atoms with Crippen LogP contribution in [0.25, 0.3) is 0 Å². The third-order valence-electron chi connectivity index (χ3n) is 2.96. The molecule has 1 saturated heterocycles. The van der Waals surface area contributed by atoms with E-state index in [1.165, 1.54) is 0 Å². The molecular weight excluding hydrogens is 156 g/mol. The lowest BCUT2D eigenvalue weighted by Gasteiger charge is -2.30. The summed E-state index contributed by atoms with van der Waals surface area (Å²) in [5.74, 6) is -0.212. The molecule has 0 spiro atoms. The Hall–Kier alpha value is -0.185. The summed E-state index contributed by atoms with van der Waals surface area (Å²) in [6, 6.07) is 0. The van der Waals surface area contributed by atoms with Gasteiger partial charge in [-0.25, -0.2) is 0 Å². The second-order valence-electron chi connectivity index (χ2n) is 3.53. The van der Waals surface area contributed by atoms with E-state index in [4.69, 9.17) is 4.74 Å². The molecule has 2 aliphatic rings. The van der Waals surface area contributed by atoms with Crippen LogP contribution in [-0.2, 0) is 4.74 Å². The van der Waals surface area contributed by atoms with Crippen molar-refractivity contribution >= 4 is 6.98 Å². The van der Waals surface area contributed by atoms with Crippen molar-refractivity contribution in [2.45, 2.75) is 18.2 Å². The monoisotopic (exact) mass is 165 g/mol. The first-order chi connectivity index (χ1) is 5.06. The molecule has 2 rings (SSSR count). The summed E-state index contributed by atoms with van der Waals surface area (Å²) in [6.45, 7) is -4.01. The number of halogens is 3. The van der Waals surface area contributed by atoms with Crippen LogP contribution in [0.5, 0.6) is 0 Å². The van der Waals surface area contributed by atoms with E-state index in [0.717, 1.165) is 0 Å². The Kier molecular flexibility index (Phi) is 1.32. The van der Waals surface area contributed by atoms with E-state index in [9.17, 15) is 12.9 Å². The van der Waals surface area contributed by atoms with E-state index in [0.29, 0.717) is 13.0 Å². The maximum atomic E-state index is 12.4. The molecule has 0 radical (unpaired) electrons. The van der Waals surface area contributed by atoms with Crippen LogP contribution in [0.15, 0.2) is 0 Å². The Morgan fingerprint density at radius 3 is 2.55 bits per heavy atom. The number of hydrogen-bond acceptors (Lipinski definition) is 1. The highest BCUT2D eigenvalue weighted by Crippen LogP contribution is 2.70. The summed E-state index contributed by atoms with van der Waals surface area (Å²) in [4.78, 5) is 0. The van der Waals surface area contributed by atoms with Crippen molar-refractivity contribution in [3.05, 3.63) is 0 Å². The fraction of sp³-hybridized carbons (Fsp3) is 1.00. The minimum Gasteiger partial charge on any atom is -0.449 e. The average molecular weight is 165 g/mol. The standard InChI is InChI=1S/C6H9BF3O/c8-7(9,10)6-1-2-11-4-5(6)3-6/h5H,1-4H2/q-1. The third kappa shape index (κ3) is 0.899. The second kappa shape index (κ2) is 1.94. The summed E-state index contributed by atoms with van der Waals surface area (Å²) in [5, 5.41) is -1.28. The smallest absolute Gasteiger partial charge is 0.449 e. The van der Waals surface area contributed by atoms with Gasteiger partial charge < -0.3 is 17.7 Å². The minimum atomic E-state index is -4.62. The van der Waals surface area contributed by atoms with Crippen LogP contribution in [0.1, 0.15) is 12.8 Å². The van der Waals surface area contributed by atoms with Gasteiger partial charge in [-0.15, -0.1) is 0 Å². The van der Waals surface area contributed by atoms with Crippen LogP contribution in [-0.4, -0.2) is 20.2 Å². The Labute approximate surface area is 63.0 Å². The van der Waals surface area contributed by atoms with Crippen molar-refractivity contribution in [3.8, 4) is 0 Å². The first-order valence-corrected chi connectivity index (χ1v) is 3.83. The number of ether oxygens (including phenoxy) is 1. The van der Waals surface area contributed by atoms with Gasteiger partial charge in [0.15, 0.2) is 0 Å². The maximum Gasteiger partial charge on any atom is 0.484 e. The molecule has 0 N–H and O–H groups in total. The van der Waals surface area contributed by atoms with Gasteiger partial charge in [0.25, 0.3) is 0 Å². The molecule has 1 saturated carbocycles. The molecule has 1 aliphatic heterocycles. The van der Waals surface area contributed by atoms with Crippen LogP contribution < -0.4 is 0 Å². The zero-order chi connectivity index (χ0) is 8.11. The molecule has 1 heterocycles. The number of fused-ring (bicyclic) bond motifs is 1. The van der Waals surface area contributed by atoms with E-state index in [-0.39, 0.29) is 18.9 Å². The quantitative estimate of drug-likeness (QED) is 0.540. The van der Waals surface area contributed by atoms with Gasteiger partial charge in [0.05, 0.1) is 0 Å². The van der Waals surface area contributed by atoms with Gasteiger partial charge in [0, 0.05) is 13.2 Å². The van der Waals surface area contributed by atoms with Gasteiger partial charge in [-0.2, -0.15) is 0 Å². The summed E-state index contributed by atoms with van der Waals surface area (Å²) in [5.41, 5.74) is 0. The highest BCUT2D eigenvalue weighted by molar-refractivity contribution is 6.63. The van der Waals surface area contributed by atoms with Crippen LogP contribution in [0.4, 0.5) is 12.9 Å². The maximum absolute atomic E-state index is 12.4. The molecule has 0 aromatic carbocycles. The zero-order valence-corrected chi connectivity index (χ0v) is 6.03. The predicted molar refractivity (Wildman–Crippen MR) is 35.3 cm³/mol. The molecule has 0 aromatic heterocycles. The molecule has 64 valence electrons. The fourth-order valence-electron chi connectivity index (χ4n) is 1.98. The highest BCUT2D eigenvalue weighted by Gasteiger charge is 2.65. The van der Waals surface area contributed by atoms with Crippen LogP contribution in [0, 0.1) is 5.92 Å². The Morgan fingerprint density at radius 1 is 1.36 bits per heavy atom. The van der Waals surface area contributed by atoms with Crippen molar-refractivity contribution in [2.24, 2.45) is 5.92 Å². The lowest BCUT2D eigenvalue weighted by atomic mass is 9.65. The first kappa shape index (κ1) is 7.46. The minimum absolute atomic E-state index is 0.196. The molecule has 2 unspecified atom stereocenters. The van der Waals surface area contributed by atoms with E-state index in [1.54, 1.807) is 0 Å². The molecule has 1 aliphatic carbocycles. The average Bonchev–Trinajstić information content (AvgIpc) is 2.59. The molecule has 5 heteroatoms. The second-order valence-corrected chi connectivity index (χ2v) is 3.53. The molecule has 2 fully saturated rings.